The Hall–Kier alpha value is -2.88. The second kappa shape index (κ2) is 8.29. The summed E-state index contributed by atoms with van der Waals surface area (Å²) >= 11 is 0. The molecule has 132 valence electrons. The van der Waals surface area contributed by atoms with Gasteiger partial charge in [-0.15, -0.1) is 0 Å². The summed E-state index contributed by atoms with van der Waals surface area (Å²) < 4.78 is 0. The minimum Gasteiger partial charge on any atom is -0.349 e. The molecule has 0 aliphatic heterocycles. The van der Waals surface area contributed by atoms with Gasteiger partial charge >= 0.3 is 0 Å². The Labute approximate surface area is 147 Å². The number of rotatable bonds is 4. The molecule has 1 aromatic carbocycles. The van der Waals surface area contributed by atoms with Crippen molar-refractivity contribution in [1.29, 1.82) is 5.26 Å². The minimum absolute atomic E-state index is 0.178. The van der Waals surface area contributed by atoms with Crippen LogP contribution in [0.15, 0.2) is 24.3 Å². The molecule has 7 heteroatoms. The first-order chi connectivity index (χ1) is 11.9. The molecule has 7 nitrogen and oxygen atoms in total. The van der Waals surface area contributed by atoms with E-state index < -0.39 is 0 Å². The molecule has 1 aliphatic rings. The van der Waals surface area contributed by atoms with E-state index in [9.17, 15) is 14.4 Å². The summed E-state index contributed by atoms with van der Waals surface area (Å²) in [7, 11) is 1.44. The van der Waals surface area contributed by atoms with Crippen molar-refractivity contribution >= 4 is 23.4 Å². The Bertz CT molecular complexity index is 693. The van der Waals surface area contributed by atoms with Gasteiger partial charge in [0.2, 0.25) is 11.8 Å². The van der Waals surface area contributed by atoms with E-state index in [1.165, 1.54) is 14.0 Å². The van der Waals surface area contributed by atoms with Gasteiger partial charge in [0.15, 0.2) is 6.19 Å². The highest BCUT2D eigenvalue weighted by atomic mass is 16.2. The van der Waals surface area contributed by atoms with E-state index in [0.717, 1.165) is 17.7 Å². The first kappa shape index (κ1) is 18.5. The Morgan fingerprint density at radius 1 is 1.16 bits per heavy atom. The van der Waals surface area contributed by atoms with Gasteiger partial charge in [0.05, 0.1) is 5.92 Å². The van der Waals surface area contributed by atoms with Crippen molar-refractivity contribution in [3.63, 3.8) is 0 Å². The van der Waals surface area contributed by atoms with Crippen molar-refractivity contribution in [1.82, 2.24) is 10.2 Å². The van der Waals surface area contributed by atoms with Crippen molar-refractivity contribution < 1.29 is 14.4 Å². The van der Waals surface area contributed by atoms with Crippen LogP contribution in [0, 0.1) is 17.4 Å². The molecule has 3 amide bonds. The number of carbonyl (C=O) groups excluding carboxylic acids is 3. The summed E-state index contributed by atoms with van der Waals surface area (Å²) in [5, 5.41) is 14.5. The molecule has 0 radical (unpaired) electrons. The van der Waals surface area contributed by atoms with Crippen molar-refractivity contribution in [3.8, 4) is 6.19 Å². The first-order valence-corrected chi connectivity index (χ1v) is 8.28. The summed E-state index contributed by atoms with van der Waals surface area (Å²) in [5.74, 6) is -1.07. The Kier molecular flexibility index (Phi) is 6.12. The summed E-state index contributed by atoms with van der Waals surface area (Å²) in [4.78, 5) is 36.8. The molecule has 0 bridgehead atoms. The molecule has 1 saturated carbocycles. The third-order valence-corrected chi connectivity index (χ3v) is 4.35. The maximum absolute atomic E-state index is 12.5. The molecule has 2 atom stereocenters. The fourth-order valence-electron chi connectivity index (χ4n) is 3.06. The molecule has 0 unspecified atom stereocenters. The van der Waals surface area contributed by atoms with Crippen LogP contribution in [-0.2, 0) is 9.59 Å². The van der Waals surface area contributed by atoms with Crippen LogP contribution in [0.4, 0.5) is 5.69 Å². The molecular formula is C18H22N4O3. The highest BCUT2D eigenvalue weighted by Gasteiger charge is 2.34. The van der Waals surface area contributed by atoms with Gasteiger partial charge < -0.3 is 10.6 Å². The predicted molar refractivity (Wildman–Crippen MR) is 92.3 cm³/mol. The van der Waals surface area contributed by atoms with E-state index in [2.05, 4.69) is 10.6 Å². The Morgan fingerprint density at radius 2 is 1.80 bits per heavy atom. The van der Waals surface area contributed by atoms with Crippen molar-refractivity contribution in [3.05, 3.63) is 29.8 Å². The molecule has 0 aromatic heterocycles. The van der Waals surface area contributed by atoms with E-state index in [4.69, 9.17) is 5.26 Å². The van der Waals surface area contributed by atoms with Gasteiger partial charge in [-0.2, -0.15) is 5.26 Å². The standard InChI is InChI=1S/C18H22N4O3/c1-12(23)20-14-9-7-13(8-10-14)17(24)21-16-6-4-3-5-15(16)18(25)22(2)11-19/h7-10,15-16H,3-6H2,1-2H3,(H,20,23)(H,21,24)/t15-,16+/m0/s1. The average Bonchev–Trinajstić information content (AvgIpc) is 2.61. The van der Waals surface area contributed by atoms with Crippen LogP contribution in [0.25, 0.3) is 0 Å². The molecule has 1 aromatic rings. The van der Waals surface area contributed by atoms with E-state index in [0.29, 0.717) is 24.1 Å². The van der Waals surface area contributed by atoms with E-state index >= 15 is 0 Å². The maximum atomic E-state index is 12.5. The lowest BCUT2D eigenvalue weighted by molar-refractivity contribution is -0.133. The topological polar surface area (TPSA) is 102 Å². The second-order valence-electron chi connectivity index (χ2n) is 6.23. The van der Waals surface area contributed by atoms with Gasteiger partial charge in [-0.1, -0.05) is 12.8 Å². The van der Waals surface area contributed by atoms with E-state index in [1.807, 2.05) is 6.19 Å². The highest BCUT2D eigenvalue weighted by molar-refractivity contribution is 5.96. The largest absolute Gasteiger partial charge is 0.349 e. The van der Waals surface area contributed by atoms with Crippen LogP contribution in [-0.4, -0.2) is 35.7 Å². The van der Waals surface area contributed by atoms with Gasteiger partial charge in [-0.3, -0.25) is 19.3 Å². The first-order valence-electron chi connectivity index (χ1n) is 8.28. The third-order valence-electron chi connectivity index (χ3n) is 4.35. The zero-order valence-electron chi connectivity index (χ0n) is 14.4. The zero-order valence-corrected chi connectivity index (χ0v) is 14.4. The number of anilines is 1. The smallest absolute Gasteiger partial charge is 0.251 e. The highest BCUT2D eigenvalue weighted by Crippen LogP contribution is 2.26. The molecule has 1 aliphatic carbocycles. The Balaban J connectivity index is 2.05. The predicted octanol–water partition coefficient (Wildman–Crippen LogP) is 1.87. The fraction of sp³-hybridized carbons (Fsp3) is 0.444. The van der Waals surface area contributed by atoms with E-state index in [-0.39, 0.29) is 29.7 Å². The van der Waals surface area contributed by atoms with Gasteiger partial charge in [-0.25, -0.2) is 0 Å². The van der Waals surface area contributed by atoms with Crippen LogP contribution in [0.1, 0.15) is 43.0 Å². The quantitative estimate of drug-likeness (QED) is 0.644. The number of nitriles is 1. The number of amides is 3. The van der Waals surface area contributed by atoms with E-state index in [1.54, 1.807) is 24.3 Å². The van der Waals surface area contributed by atoms with Crippen LogP contribution in [0.2, 0.25) is 0 Å². The van der Waals surface area contributed by atoms with Crippen LogP contribution >= 0.6 is 0 Å². The fourth-order valence-corrected chi connectivity index (χ4v) is 3.06. The number of hydrogen-bond donors (Lipinski definition) is 2. The van der Waals surface area contributed by atoms with Crippen molar-refractivity contribution in [2.75, 3.05) is 12.4 Å². The van der Waals surface area contributed by atoms with Gasteiger partial charge in [0, 0.05) is 31.3 Å². The molecule has 2 N–H and O–H groups in total. The number of nitrogens with one attached hydrogen (secondary N) is 2. The second-order valence-corrected chi connectivity index (χ2v) is 6.23. The zero-order chi connectivity index (χ0) is 18.4. The van der Waals surface area contributed by atoms with Crippen molar-refractivity contribution in [2.24, 2.45) is 5.92 Å². The monoisotopic (exact) mass is 342 g/mol. The molecule has 25 heavy (non-hydrogen) atoms. The minimum atomic E-state index is -0.374. The van der Waals surface area contributed by atoms with Crippen LogP contribution in [0.3, 0.4) is 0 Å². The van der Waals surface area contributed by atoms with Gasteiger partial charge in [0.25, 0.3) is 5.91 Å². The lowest BCUT2D eigenvalue weighted by atomic mass is 9.83. The summed E-state index contributed by atoms with van der Waals surface area (Å²) in [6.07, 6.45) is 5.05. The average molecular weight is 342 g/mol. The third kappa shape index (κ3) is 4.80. The SMILES string of the molecule is CC(=O)Nc1ccc(C(=O)N[C@@H]2CCCC[C@@H]2C(=O)N(C)C#N)cc1. The molecule has 2 rings (SSSR count). The maximum Gasteiger partial charge on any atom is 0.251 e. The summed E-state index contributed by atoms with van der Waals surface area (Å²) in [5.41, 5.74) is 1.07. The Morgan fingerprint density at radius 3 is 2.40 bits per heavy atom. The number of benzene rings is 1. The lowest BCUT2D eigenvalue weighted by Crippen LogP contribution is -2.48. The number of hydrogen-bond acceptors (Lipinski definition) is 4. The number of carbonyl (C=O) groups is 3. The van der Waals surface area contributed by atoms with Gasteiger partial charge in [0.1, 0.15) is 0 Å². The molecule has 0 heterocycles. The molecule has 0 saturated heterocycles. The molecular weight excluding hydrogens is 320 g/mol. The number of nitrogens with zero attached hydrogens (tertiary/aromatic N) is 2. The lowest BCUT2D eigenvalue weighted by Gasteiger charge is -2.32. The molecule has 1 fully saturated rings. The summed E-state index contributed by atoms with van der Waals surface area (Å²) in [6, 6.07) is 6.29. The van der Waals surface area contributed by atoms with Crippen molar-refractivity contribution in [2.45, 2.75) is 38.6 Å². The summed E-state index contributed by atoms with van der Waals surface area (Å²) in [6.45, 7) is 1.42. The normalized spacial score (nSPS) is 19.4. The van der Waals surface area contributed by atoms with Gasteiger partial charge in [-0.05, 0) is 37.1 Å². The molecule has 0 spiro atoms. The van der Waals surface area contributed by atoms with Crippen LogP contribution < -0.4 is 10.6 Å². The van der Waals surface area contributed by atoms with Crippen LogP contribution in [0.5, 0.6) is 0 Å².